The van der Waals surface area contributed by atoms with Crippen LogP contribution in [0.5, 0.6) is 0 Å². The maximum Gasteiger partial charge on any atom is 0.325 e. The predicted octanol–water partition coefficient (Wildman–Crippen LogP) is 1.23. The number of anilines is 1. The highest BCUT2D eigenvalue weighted by atomic mass is 16.5. The second-order valence-corrected chi connectivity index (χ2v) is 5.34. The lowest BCUT2D eigenvalue weighted by Crippen LogP contribution is -2.54. The van der Waals surface area contributed by atoms with Crippen molar-refractivity contribution in [2.75, 3.05) is 38.1 Å². The van der Waals surface area contributed by atoms with E-state index in [1.54, 1.807) is 6.92 Å². The summed E-state index contributed by atoms with van der Waals surface area (Å²) < 4.78 is 4.83. The van der Waals surface area contributed by atoms with Crippen LogP contribution >= 0.6 is 0 Å². The molecular weight excluding hydrogens is 298 g/mol. The number of nitrogens with one attached hydrogen (secondary N) is 1. The number of rotatable bonds is 4. The number of ether oxygens (including phenoxy) is 1. The highest BCUT2D eigenvalue weighted by molar-refractivity contribution is 5.93. The molecule has 1 heterocycles. The molecule has 1 aromatic carbocycles. The molecule has 0 radical (unpaired) electrons. The monoisotopic (exact) mass is 319 g/mol. The average molecular weight is 319 g/mol. The van der Waals surface area contributed by atoms with E-state index in [0.717, 1.165) is 5.56 Å². The molecule has 1 aromatic rings. The number of carbonyl (C=O) groups excluding carboxylic acids is 3. The van der Waals surface area contributed by atoms with Crippen molar-refractivity contribution in [2.45, 2.75) is 13.8 Å². The number of esters is 1. The van der Waals surface area contributed by atoms with Gasteiger partial charge in [0.05, 0.1) is 6.61 Å². The van der Waals surface area contributed by atoms with Gasteiger partial charge in [-0.25, -0.2) is 4.79 Å². The van der Waals surface area contributed by atoms with Crippen LogP contribution in [0.3, 0.4) is 0 Å². The fraction of sp³-hybridized carbons (Fsp3) is 0.438. The number of piperazine rings is 1. The molecule has 0 aliphatic carbocycles. The van der Waals surface area contributed by atoms with Crippen LogP contribution in [0.2, 0.25) is 0 Å². The molecular formula is C16H21N3O4. The van der Waals surface area contributed by atoms with Crippen LogP contribution in [-0.4, -0.2) is 60.5 Å². The molecule has 7 nitrogen and oxygen atoms in total. The summed E-state index contributed by atoms with van der Waals surface area (Å²) in [5.74, 6) is -0.693. The van der Waals surface area contributed by atoms with E-state index in [2.05, 4.69) is 5.32 Å². The molecule has 1 aliphatic heterocycles. The number of carbonyl (C=O) groups is 3. The average Bonchev–Trinajstić information content (AvgIpc) is 2.51. The fourth-order valence-corrected chi connectivity index (χ4v) is 2.25. The summed E-state index contributed by atoms with van der Waals surface area (Å²) in [7, 11) is 0. The third kappa shape index (κ3) is 4.70. The van der Waals surface area contributed by atoms with Crippen molar-refractivity contribution < 1.29 is 19.1 Å². The molecule has 0 aromatic heterocycles. The molecule has 7 heteroatoms. The van der Waals surface area contributed by atoms with Crippen molar-refractivity contribution in [1.82, 2.24) is 9.80 Å². The van der Waals surface area contributed by atoms with Gasteiger partial charge in [-0.1, -0.05) is 17.7 Å². The van der Waals surface area contributed by atoms with Crippen molar-refractivity contribution in [3.05, 3.63) is 29.8 Å². The topological polar surface area (TPSA) is 79.0 Å². The molecule has 23 heavy (non-hydrogen) atoms. The maximum absolute atomic E-state index is 12.2. The van der Waals surface area contributed by atoms with Gasteiger partial charge in [-0.05, 0) is 26.0 Å². The molecule has 1 N–H and O–H groups in total. The first-order valence-electron chi connectivity index (χ1n) is 7.55. The van der Waals surface area contributed by atoms with Gasteiger partial charge in [0, 0.05) is 18.8 Å². The van der Waals surface area contributed by atoms with Gasteiger partial charge >= 0.3 is 12.0 Å². The summed E-state index contributed by atoms with van der Waals surface area (Å²) in [5, 5.41) is 2.76. The number of amides is 3. The summed E-state index contributed by atoms with van der Waals surface area (Å²) in [4.78, 5) is 38.5. The van der Waals surface area contributed by atoms with Crippen LogP contribution in [0.4, 0.5) is 10.5 Å². The first-order chi connectivity index (χ1) is 11.0. The molecule has 0 saturated carbocycles. The zero-order valence-corrected chi connectivity index (χ0v) is 13.4. The first kappa shape index (κ1) is 16.8. The molecule has 0 bridgehead atoms. The highest BCUT2D eigenvalue weighted by Gasteiger charge is 2.28. The Labute approximate surface area is 135 Å². The van der Waals surface area contributed by atoms with Crippen molar-refractivity contribution in [3.63, 3.8) is 0 Å². The standard InChI is InChI=1S/C16H21N3O4/c1-3-23-15(21)11-18-8-9-19(10-14(18)20)16(22)17-13-6-4-12(2)5-7-13/h4-7H,3,8-11H2,1-2H3,(H,17,22). The third-order valence-corrected chi connectivity index (χ3v) is 3.53. The van der Waals surface area contributed by atoms with Crippen LogP contribution in [0.15, 0.2) is 24.3 Å². The Kier molecular flexibility index (Phi) is 5.56. The van der Waals surface area contributed by atoms with Crippen LogP contribution < -0.4 is 5.32 Å². The molecule has 0 atom stereocenters. The number of urea groups is 1. The van der Waals surface area contributed by atoms with Gasteiger partial charge in [0.1, 0.15) is 13.1 Å². The van der Waals surface area contributed by atoms with Crippen molar-refractivity contribution in [3.8, 4) is 0 Å². The van der Waals surface area contributed by atoms with Gasteiger partial charge in [0.15, 0.2) is 0 Å². The van der Waals surface area contributed by atoms with Gasteiger partial charge in [-0.2, -0.15) is 0 Å². The number of hydrogen-bond donors (Lipinski definition) is 1. The minimum absolute atomic E-state index is 0.0445. The fourth-order valence-electron chi connectivity index (χ4n) is 2.25. The summed E-state index contributed by atoms with van der Waals surface area (Å²) in [6, 6.07) is 7.10. The minimum atomic E-state index is -0.432. The van der Waals surface area contributed by atoms with Gasteiger partial charge in [-0.3, -0.25) is 9.59 Å². The molecule has 2 rings (SSSR count). The number of nitrogens with zero attached hydrogens (tertiary/aromatic N) is 2. The SMILES string of the molecule is CCOC(=O)CN1CCN(C(=O)Nc2ccc(C)cc2)CC1=O. The zero-order chi connectivity index (χ0) is 16.8. The van der Waals surface area contributed by atoms with Crippen LogP contribution in [0, 0.1) is 6.92 Å². The van der Waals surface area contributed by atoms with E-state index in [-0.39, 0.29) is 31.6 Å². The van der Waals surface area contributed by atoms with E-state index < -0.39 is 5.97 Å². The van der Waals surface area contributed by atoms with Crippen LogP contribution in [0.1, 0.15) is 12.5 Å². The van der Waals surface area contributed by atoms with Crippen molar-refractivity contribution in [2.24, 2.45) is 0 Å². The van der Waals surface area contributed by atoms with E-state index in [0.29, 0.717) is 18.8 Å². The van der Waals surface area contributed by atoms with E-state index in [4.69, 9.17) is 4.74 Å². The molecule has 1 saturated heterocycles. The number of benzene rings is 1. The summed E-state index contributed by atoms with van der Waals surface area (Å²) in [6.45, 7) is 4.55. The summed E-state index contributed by atoms with van der Waals surface area (Å²) in [6.07, 6.45) is 0. The van der Waals surface area contributed by atoms with E-state index in [9.17, 15) is 14.4 Å². The predicted molar refractivity (Wildman–Crippen MR) is 85.0 cm³/mol. The summed E-state index contributed by atoms with van der Waals surface area (Å²) >= 11 is 0. The number of aryl methyl sites for hydroxylation is 1. The Bertz CT molecular complexity index is 585. The normalized spacial score (nSPS) is 14.6. The lowest BCUT2D eigenvalue weighted by atomic mass is 10.2. The Morgan fingerprint density at radius 2 is 1.91 bits per heavy atom. The maximum atomic E-state index is 12.2. The van der Waals surface area contributed by atoms with Gasteiger partial charge in [-0.15, -0.1) is 0 Å². The second-order valence-electron chi connectivity index (χ2n) is 5.34. The van der Waals surface area contributed by atoms with Gasteiger partial charge < -0.3 is 19.9 Å². The Morgan fingerprint density at radius 3 is 2.52 bits per heavy atom. The van der Waals surface area contributed by atoms with Crippen molar-refractivity contribution >= 4 is 23.6 Å². The zero-order valence-electron chi connectivity index (χ0n) is 13.4. The number of hydrogen-bond acceptors (Lipinski definition) is 4. The first-order valence-corrected chi connectivity index (χ1v) is 7.55. The van der Waals surface area contributed by atoms with Crippen LogP contribution in [-0.2, 0) is 14.3 Å². The molecule has 1 fully saturated rings. The van der Waals surface area contributed by atoms with E-state index >= 15 is 0 Å². The summed E-state index contributed by atoms with van der Waals surface area (Å²) in [5.41, 5.74) is 1.78. The third-order valence-electron chi connectivity index (χ3n) is 3.53. The Hall–Kier alpha value is -2.57. The highest BCUT2D eigenvalue weighted by Crippen LogP contribution is 2.11. The minimum Gasteiger partial charge on any atom is -0.465 e. The lowest BCUT2D eigenvalue weighted by molar-refractivity contribution is -0.150. The Balaban J connectivity index is 1.86. The molecule has 124 valence electrons. The molecule has 3 amide bonds. The molecule has 1 aliphatic rings. The van der Waals surface area contributed by atoms with Crippen molar-refractivity contribution in [1.29, 1.82) is 0 Å². The largest absolute Gasteiger partial charge is 0.465 e. The van der Waals surface area contributed by atoms with Crippen LogP contribution in [0.25, 0.3) is 0 Å². The van der Waals surface area contributed by atoms with Gasteiger partial charge in [0.2, 0.25) is 5.91 Å². The lowest BCUT2D eigenvalue weighted by Gasteiger charge is -2.33. The van der Waals surface area contributed by atoms with E-state index in [1.165, 1.54) is 9.80 Å². The quantitative estimate of drug-likeness (QED) is 0.847. The second kappa shape index (κ2) is 7.62. The smallest absolute Gasteiger partial charge is 0.325 e. The Morgan fingerprint density at radius 1 is 1.22 bits per heavy atom. The molecule has 0 spiro atoms. The molecule has 0 unspecified atom stereocenters. The van der Waals surface area contributed by atoms with Gasteiger partial charge in [0.25, 0.3) is 0 Å². The van der Waals surface area contributed by atoms with E-state index in [1.807, 2.05) is 31.2 Å².